The molecule has 0 amide bonds. The van der Waals surface area contributed by atoms with Gasteiger partial charge in [-0.2, -0.15) is 0 Å². The molecule has 4 aromatic heterocycles. The molecule has 10 aromatic carbocycles. The van der Waals surface area contributed by atoms with E-state index in [4.69, 9.17) is 14.4 Å². The Kier molecular flexibility index (Phi) is 7.62. The van der Waals surface area contributed by atoms with Gasteiger partial charge in [0, 0.05) is 54.5 Å². The standard InChI is InChI=1S/C60H36N4O/c1-3-16-38(17-4-1)58-47-22-9-11-26-50(47)61-60(62-58)64-52-32-30-39(35-48(52)56-42-20-8-7-15-37(42)29-33-53(56)64)40-31-34-54-49(36-40)57-44(23-14-28-55(57)65-54)46-25-13-24-45-43-21-10-12-27-51(43)63(59(45)46)41-18-5-2-6-19-41/h1-36H. The largest absolute Gasteiger partial charge is 0.456 e. The van der Waals surface area contributed by atoms with Crippen LogP contribution in [0, 0.1) is 0 Å². The quantitative estimate of drug-likeness (QED) is 0.174. The summed E-state index contributed by atoms with van der Waals surface area (Å²) in [5.41, 5.74) is 14.7. The fourth-order valence-electron chi connectivity index (χ4n) is 10.5. The monoisotopic (exact) mass is 828 g/mol. The van der Waals surface area contributed by atoms with Gasteiger partial charge in [-0.15, -0.1) is 0 Å². The zero-order valence-corrected chi connectivity index (χ0v) is 35.0. The lowest BCUT2D eigenvalue weighted by atomic mass is 9.95. The first kappa shape index (κ1) is 35.8. The maximum Gasteiger partial charge on any atom is 0.235 e. The number of hydrogen-bond donors (Lipinski definition) is 0. The summed E-state index contributed by atoms with van der Waals surface area (Å²) < 4.78 is 11.3. The molecule has 0 saturated heterocycles. The molecule has 0 unspecified atom stereocenters. The Hall–Kier alpha value is -8.80. The van der Waals surface area contributed by atoms with Crippen molar-refractivity contribution >= 4 is 87.2 Å². The van der Waals surface area contributed by atoms with Crippen LogP contribution in [-0.2, 0) is 0 Å². The minimum Gasteiger partial charge on any atom is -0.456 e. The molecule has 0 aliphatic rings. The van der Waals surface area contributed by atoms with Gasteiger partial charge >= 0.3 is 0 Å². The molecular formula is C60H36N4O. The highest BCUT2D eigenvalue weighted by Crippen LogP contribution is 2.45. The minimum absolute atomic E-state index is 0.644. The van der Waals surface area contributed by atoms with Gasteiger partial charge in [0.15, 0.2) is 0 Å². The van der Waals surface area contributed by atoms with E-state index < -0.39 is 0 Å². The fourth-order valence-corrected chi connectivity index (χ4v) is 10.5. The van der Waals surface area contributed by atoms with Crippen LogP contribution in [-0.4, -0.2) is 19.1 Å². The molecule has 0 N–H and O–H groups in total. The number of aromatic nitrogens is 4. The van der Waals surface area contributed by atoms with Crippen molar-refractivity contribution in [2.45, 2.75) is 0 Å². The van der Waals surface area contributed by atoms with Gasteiger partial charge in [0.1, 0.15) is 11.2 Å². The van der Waals surface area contributed by atoms with Crippen LogP contribution >= 0.6 is 0 Å². The van der Waals surface area contributed by atoms with Gasteiger partial charge < -0.3 is 8.98 Å². The highest BCUT2D eigenvalue weighted by Gasteiger charge is 2.22. The van der Waals surface area contributed by atoms with Gasteiger partial charge in [-0.05, 0) is 88.1 Å². The summed E-state index contributed by atoms with van der Waals surface area (Å²) >= 11 is 0. The summed E-state index contributed by atoms with van der Waals surface area (Å²) in [6.07, 6.45) is 0. The molecule has 0 aliphatic heterocycles. The van der Waals surface area contributed by atoms with Crippen LogP contribution in [0.3, 0.4) is 0 Å². The van der Waals surface area contributed by atoms with Crippen LogP contribution in [0.2, 0.25) is 0 Å². The van der Waals surface area contributed by atoms with E-state index in [2.05, 4.69) is 215 Å². The minimum atomic E-state index is 0.644. The zero-order chi connectivity index (χ0) is 42.6. The van der Waals surface area contributed by atoms with Gasteiger partial charge in [-0.1, -0.05) is 158 Å². The normalized spacial score (nSPS) is 12.0. The summed E-state index contributed by atoms with van der Waals surface area (Å²) in [6, 6.07) is 77.8. The number of rotatable bonds is 5. The van der Waals surface area contributed by atoms with Crippen molar-refractivity contribution in [1.29, 1.82) is 0 Å². The van der Waals surface area contributed by atoms with E-state index in [0.717, 1.165) is 88.5 Å². The van der Waals surface area contributed by atoms with E-state index in [1.54, 1.807) is 0 Å². The molecule has 65 heavy (non-hydrogen) atoms. The lowest BCUT2D eigenvalue weighted by Gasteiger charge is -2.12. The van der Waals surface area contributed by atoms with Crippen molar-refractivity contribution < 1.29 is 4.42 Å². The predicted molar refractivity (Wildman–Crippen MR) is 269 cm³/mol. The number of nitrogens with zero attached hydrogens (tertiary/aromatic N) is 4. The average Bonchev–Trinajstić information content (AvgIpc) is 4.04. The Morgan fingerprint density at radius 2 is 1.02 bits per heavy atom. The number of para-hydroxylation sites is 4. The van der Waals surface area contributed by atoms with Crippen LogP contribution < -0.4 is 0 Å². The third-order valence-corrected chi connectivity index (χ3v) is 13.3. The summed E-state index contributed by atoms with van der Waals surface area (Å²) in [4.78, 5) is 10.6. The molecule has 302 valence electrons. The molecule has 0 saturated carbocycles. The van der Waals surface area contributed by atoms with Gasteiger partial charge in [0.05, 0.1) is 33.3 Å². The Balaban J connectivity index is 0.996. The molecule has 0 atom stereocenters. The van der Waals surface area contributed by atoms with Gasteiger partial charge in [0.2, 0.25) is 5.95 Å². The number of hydrogen-bond acceptors (Lipinski definition) is 3. The Bertz CT molecular complexity index is 4240. The third kappa shape index (κ3) is 5.33. The molecule has 5 nitrogen and oxygen atoms in total. The molecule has 0 fully saturated rings. The van der Waals surface area contributed by atoms with Crippen molar-refractivity contribution in [1.82, 2.24) is 19.1 Å². The number of furan rings is 1. The second kappa shape index (κ2) is 13.9. The molecule has 0 radical (unpaired) electrons. The molecule has 0 bridgehead atoms. The third-order valence-electron chi connectivity index (χ3n) is 13.3. The number of fused-ring (bicyclic) bond motifs is 12. The first-order chi connectivity index (χ1) is 32.2. The van der Waals surface area contributed by atoms with Crippen LogP contribution in [0.15, 0.2) is 223 Å². The van der Waals surface area contributed by atoms with E-state index in [1.165, 1.54) is 38.0 Å². The molecular weight excluding hydrogens is 793 g/mol. The van der Waals surface area contributed by atoms with E-state index in [1.807, 2.05) is 12.1 Å². The predicted octanol–water partition coefficient (Wildman–Crippen LogP) is 15.9. The topological polar surface area (TPSA) is 48.8 Å². The van der Waals surface area contributed by atoms with Gasteiger partial charge in [-0.25, -0.2) is 9.97 Å². The van der Waals surface area contributed by atoms with Crippen LogP contribution in [0.4, 0.5) is 0 Å². The van der Waals surface area contributed by atoms with E-state index >= 15 is 0 Å². The summed E-state index contributed by atoms with van der Waals surface area (Å²) in [5, 5.41) is 10.4. The van der Waals surface area contributed by atoms with E-state index in [9.17, 15) is 0 Å². The highest BCUT2D eigenvalue weighted by atomic mass is 16.3. The van der Waals surface area contributed by atoms with E-state index in [0.29, 0.717) is 5.95 Å². The Labute approximate surface area is 372 Å². The second-order valence-electron chi connectivity index (χ2n) is 16.9. The smallest absolute Gasteiger partial charge is 0.235 e. The molecule has 0 spiro atoms. The van der Waals surface area contributed by atoms with Crippen LogP contribution in [0.25, 0.3) is 132 Å². The maximum absolute atomic E-state index is 6.67. The van der Waals surface area contributed by atoms with Gasteiger partial charge in [-0.3, -0.25) is 4.57 Å². The Morgan fingerprint density at radius 3 is 1.89 bits per heavy atom. The first-order valence-electron chi connectivity index (χ1n) is 22.1. The zero-order valence-electron chi connectivity index (χ0n) is 35.0. The molecule has 14 rings (SSSR count). The number of benzene rings is 10. The molecule has 4 heterocycles. The van der Waals surface area contributed by atoms with Crippen LogP contribution in [0.1, 0.15) is 0 Å². The summed E-state index contributed by atoms with van der Waals surface area (Å²) in [7, 11) is 0. The average molecular weight is 829 g/mol. The fraction of sp³-hybridized carbons (Fsp3) is 0. The maximum atomic E-state index is 6.67. The molecule has 0 aliphatic carbocycles. The van der Waals surface area contributed by atoms with Crippen molar-refractivity contribution in [2.75, 3.05) is 0 Å². The Morgan fingerprint density at radius 1 is 0.354 bits per heavy atom. The lowest BCUT2D eigenvalue weighted by Crippen LogP contribution is -2.03. The van der Waals surface area contributed by atoms with Crippen LogP contribution in [0.5, 0.6) is 0 Å². The highest BCUT2D eigenvalue weighted by molar-refractivity contribution is 6.23. The molecule has 5 heteroatoms. The van der Waals surface area contributed by atoms with Crippen molar-refractivity contribution in [2.24, 2.45) is 0 Å². The SMILES string of the molecule is c1ccc(-c2nc(-n3c4ccc(-c5ccc6oc7cccc(-c8cccc9c%10ccccc%10n(-c%10ccccc%10)c89)c7c6c5)cc4c4c5ccccc5ccc43)nc3ccccc23)cc1. The summed E-state index contributed by atoms with van der Waals surface area (Å²) in [5.74, 6) is 0.644. The second-order valence-corrected chi connectivity index (χ2v) is 16.9. The van der Waals surface area contributed by atoms with Crippen molar-refractivity contribution in [3.05, 3.63) is 218 Å². The van der Waals surface area contributed by atoms with Crippen molar-refractivity contribution in [3.63, 3.8) is 0 Å². The van der Waals surface area contributed by atoms with E-state index in [-0.39, 0.29) is 0 Å². The van der Waals surface area contributed by atoms with Gasteiger partial charge in [0.25, 0.3) is 0 Å². The summed E-state index contributed by atoms with van der Waals surface area (Å²) in [6.45, 7) is 0. The molecule has 14 aromatic rings. The first-order valence-corrected chi connectivity index (χ1v) is 22.1. The van der Waals surface area contributed by atoms with Crippen molar-refractivity contribution in [3.8, 4) is 45.1 Å². The lowest BCUT2D eigenvalue weighted by molar-refractivity contribution is 0.669.